The van der Waals surface area contributed by atoms with E-state index in [9.17, 15) is 4.79 Å². The molecule has 32 heavy (non-hydrogen) atoms. The fourth-order valence-corrected chi connectivity index (χ4v) is 3.80. The molecule has 0 N–H and O–H groups in total. The number of hydrogen-bond donors (Lipinski definition) is 0. The van der Waals surface area contributed by atoms with E-state index in [-0.39, 0.29) is 12.1 Å². The first-order valence-corrected chi connectivity index (χ1v) is 11.1. The topological polar surface area (TPSA) is 57.2 Å². The number of carbonyl (C=O) groups excluding carboxylic acids is 1. The second kappa shape index (κ2) is 10.5. The predicted molar refractivity (Wildman–Crippen MR) is 123 cm³/mol. The van der Waals surface area contributed by atoms with Crippen molar-refractivity contribution >= 4 is 6.09 Å². The number of hydrogen-bond acceptors (Lipinski definition) is 5. The Labute approximate surface area is 191 Å². The molecule has 174 valence electrons. The summed E-state index contributed by atoms with van der Waals surface area (Å²) < 4.78 is 23.9. The van der Waals surface area contributed by atoms with Crippen molar-refractivity contribution in [1.29, 1.82) is 0 Å². The molecule has 0 aliphatic carbocycles. The molecule has 0 bridgehead atoms. The molecule has 1 aliphatic heterocycles. The van der Waals surface area contributed by atoms with Crippen LogP contribution in [0.2, 0.25) is 0 Å². The highest BCUT2D eigenvalue weighted by Crippen LogP contribution is 2.34. The lowest BCUT2D eigenvalue weighted by Crippen LogP contribution is -2.52. The van der Waals surface area contributed by atoms with Gasteiger partial charge >= 0.3 is 6.09 Å². The van der Waals surface area contributed by atoms with E-state index in [2.05, 4.69) is 0 Å². The quantitative estimate of drug-likeness (QED) is 0.566. The molecule has 0 saturated carbocycles. The largest absolute Gasteiger partial charge is 0.444 e. The predicted octanol–water partition coefficient (Wildman–Crippen LogP) is 5.16. The molecular formula is C26H35NO5. The zero-order valence-corrected chi connectivity index (χ0v) is 19.7. The minimum Gasteiger partial charge on any atom is -0.444 e. The summed E-state index contributed by atoms with van der Waals surface area (Å²) in [6, 6.07) is 19.6. The van der Waals surface area contributed by atoms with Crippen molar-refractivity contribution < 1.29 is 23.7 Å². The van der Waals surface area contributed by atoms with Crippen molar-refractivity contribution in [3.63, 3.8) is 0 Å². The zero-order chi connectivity index (χ0) is 23.2. The number of ether oxygens (including phenoxy) is 4. The number of carbonyl (C=O) groups is 1. The zero-order valence-electron chi connectivity index (χ0n) is 19.7. The first kappa shape index (κ1) is 24.2. The second-order valence-electron chi connectivity index (χ2n) is 9.52. The average Bonchev–Trinajstić information content (AvgIpc) is 2.98. The molecule has 1 amide bonds. The standard InChI is InChI=1S/C26H35NO5/c1-25(2,3)32-24(28)27-22(18-29-16-20-12-8-6-9-13-20)23(31-26(27,4)5)19-30-17-21-14-10-7-11-15-21/h6-15,22-23H,16-19H2,1-5H3. The van der Waals surface area contributed by atoms with Gasteiger partial charge in [0.2, 0.25) is 0 Å². The minimum atomic E-state index is -0.843. The average molecular weight is 442 g/mol. The molecule has 2 unspecified atom stereocenters. The Morgan fingerprint density at radius 3 is 1.91 bits per heavy atom. The van der Waals surface area contributed by atoms with E-state index in [4.69, 9.17) is 18.9 Å². The van der Waals surface area contributed by atoms with Crippen molar-refractivity contribution in [2.24, 2.45) is 0 Å². The second-order valence-corrected chi connectivity index (χ2v) is 9.52. The maximum atomic E-state index is 13.1. The van der Waals surface area contributed by atoms with Crippen LogP contribution in [0.15, 0.2) is 60.7 Å². The first-order chi connectivity index (χ1) is 15.2. The van der Waals surface area contributed by atoms with E-state index in [1.54, 1.807) is 4.90 Å². The first-order valence-electron chi connectivity index (χ1n) is 11.1. The highest BCUT2D eigenvalue weighted by molar-refractivity contribution is 5.70. The third kappa shape index (κ3) is 6.79. The molecule has 2 aromatic rings. The van der Waals surface area contributed by atoms with Gasteiger partial charge in [0.25, 0.3) is 0 Å². The van der Waals surface area contributed by atoms with Gasteiger partial charge in [-0.1, -0.05) is 60.7 Å². The van der Waals surface area contributed by atoms with Crippen LogP contribution in [0.1, 0.15) is 45.7 Å². The van der Waals surface area contributed by atoms with E-state index in [1.807, 2.05) is 95.3 Å². The van der Waals surface area contributed by atoms with Gasteiger partial charge in [0, 0.05) is 0 Å². The molecule has 1 fully saturated rings. The molecular weight excluding hydrogens is 406 g/mol. The van der Waals surface area contributed by atoms with Gasteiger partial charge in [-0.25, -0.2) is 4.79 Å². The molecule has 1 heterocycles. The van der Waals surface area contributed by atoms with Crippen LogP contribution in [-0.2, 0) is 32.2 Å². The molecule has 1 aliphatic rings. The summed E-state index contributed by atoms with van der Waals surface area (Å²) in [7, 11) is 0. The molecule has 0 spiro atoms. The minimum absolute atomic E-state index is 0.316. The lowest BCUT2D eigenvalue weighted by molar-refractivity contribution is -0.0939. The maximum Gasteiger partial charge on any atom is 0.412 e. The van der Waals surface area contributed by atoms with Crippen LogP contribution >= 0.6 is 0 Å². The Morgan fingerprint density at radius 1 is 0.906 bits per heavy atom. The fourth-order valence-electron chi connectivity index (χ4n) is 3.80. The van der Waals surface area contributed by atoms with Gasteiger partial charge in [-0.3, -0.25) is 4.90 Å². The molecule has 2 atom stereocenters. The normalized spacial score (nSPS) is 20.3. The third-order valence-electron chi connectivity index (χ3n) is 5.16. The van der Waals surface area contributed by atoms with Crippen LogP contribution in [0.3, 0.4) is 0 Å². The van der Waals surface area contributed by atoms with Gasteiger partial charge < -0.3 is 18.9 Å². The van der Waals surface area contributed by atoms with E-state index in [0.717, 1.165) is 11.1 Å². The fraction of sp³-hybridized carbons (Fsp3) is 0.500. The molecule has 6 heteroatoms. The molecule has 3 rings (SSSR count). The number of benzene rings is 2. The Balaban J connectivity index is 1.69. The Hall–Kier alpha value is -2.41. The smallest absolute Gasteiger partial charge is 0.412 e. The maximum absolute atomic E-state index is 13.1. The van der Waals surface area contributed by atoms with Gasteiger partial charge in [0.05, 0.1) is 32.5 Å². The van der Waals surface area contributed by atoms with E-state index >= 15 is 0 Å². The lowest BCUT2D eigenvalue weighted by Gasteiger charge is -2.35. The van der Waals surface area contributed by atoms with Crippen LogP contribution in [-0.4, -0.2) is 47.7 Å². The molecule has 0 radical (unpaired) electrons. The van der Waals surface area contributed by atoms with E-state index in [1.165, 1.54) is 0 Å². The van der Waals surface area contributed by atoms with Crippen molar-refractivity contribution in [2.45, 2.75) is 71.3 Å². The molecule has 1 saturated heterocycles. The number of nitrogens with zero attached hydrogens (tertiary/aromatic N) is 1. The highest BCUT2D eigenvalue weighted by atomic mass is 16.6. The molecule has 6 nitrogen and oxygen atoms in total. The summed E-state index contributed by atoms with van der Waals surface area (Å²) in [5.74, 6) is 0. The number of amides is 1. The van der Waals surface area contributed by atoms with Crippen LogP contribution in [0.4, 0.5) is 4.79 Å². The summed E-state index contributed by atoms with van der Waals surface area (Å²) in [6.07, 6.45) is -0.752. The van der Waals surface area contributed by atoms with Crippen molar-refractivity contribution in [3.05, 3.63) is 71.8 Å². The van der Waals surface area contributed by atoms with Gasteiger partial charge in [-0.05, 0) is 45.7 Å². The van der Waals surface area contributed by atoms with Crippen molar-refractivity contribution in [1.82, 2.24) is 4.90 Å². The Morgan fingerprint density at radius 2 is 1.41 bits per heavy atom. The summed E-state index contributed by atoms with van der Waals surface area (Å²) in [5.41, 5.74) is 0.714. The molecule has 0 aromatic heterocycles. The lowest BCUT2D eigenvalue weighted by atomic mass is 10.1. The van der Waals surface area contributed by atoms with Gasteiger partial charge in [0.1, 0.15) is 17.4 Å². The summed E-state index contributed by atoms with van der Waals surface area (Å²) in [4.78, 5) is 14.7. The summed E-state index contributed by atoms with van der Waals surface area (Å²) in [6.45, 7) is 10.9. The SMILES string of the molecule is CC(C)(C)OC(=O)N1C(COCc2ccccc2)C(COCc2ccccc2)OC1(C)C. The summed E-state index contributed by atoms with van der Waals surface area (Å²) >= 11 is 0. The number of rotatable bonds is 8. The van der Waals surface area contributed by atoms with Crippen LogP contribution in [0.25, 0.3) is 0 Å². The third-order valence-corrected chi connectivity index (χ3v) is 5.16. The highest BCUT2D eigenvalue weighted by Gasteiger charge is 2.51. The van der Waals surface area contributed by atoms with Crippen LogP contribution in [0.5, 0.6) is 0 Å². The van der Waals surface area contributed by atoms with Crippen LogP contribution in [0, 0.1) is 0 Å². The molecule has 2 aromatic carbocycles. The van der Waals surface area contributed by atoms with Gasteiger partial charge in [0.15, 0.2) is 0 Å². The Bertz CT molecular complexity index is 848. The summed E-state index contributed by atoms with van der Waals surface area (Å²) in [5, 5.41) is 0. The van der Waals surface area contributed by atoms with E-state index < -0.39 is 17.4 Å². The van der Waals surface area contributed by atoms with Gasteiger partial charge in [-0.2, -0.15) is 0 Å². The van der Waals surface area contributed by atoms with E-state index in [0.29, 0.717) is 26.4 Å². The monoisotopic (exact) mass is 441 g/mol. The van der Waals surface area contributed by atoms with Crippen molar-refractivity contribution in [3.8, 4) is 0 Å². The Kier molecular flexibility index (Phi) is 7.93. The van der Waals surface area contributed by atoms with Crippen molar-refractivity contribution in [2.75, 3.05) is 13.2 Å². The van der Waals surface area contributed by atoms with Crippen LogP contribution < -0.4 is 0 Å². The van der Waals surface area contributed by atoms with Gasteiger partial charge in [-0.15, -0.1) is 0 Å².